The molecule has 10 heteroatoms. The predicted octanol–water partition coefficient (Wildman–Crippen LogP) is 2.84. The van der Waals surface area contributed by atoms with Crippen molar-refractivity contribution in [3.63, 3.8) is 0 Å². The van der Waals surface area contributed by atoms with E-state index in [-0.39, 0.29) is 37.4 Å². The van der Waals surface area contributed by atoms with Crippen LogP contribution >= 0.6 is 23.2 Å². The maximum Gasteiger partial charge on any atom is 0.243 e. The number of likely N-dealkylation sites (tertiary alicyclic amines) is 1. The number of nitrogens with one attached hydrogen (secondary N) is 2. The van der Waals surface area contributed by atoms with Crippen molar-refractivity contribution in [2.24, 2.45) is 5.73 Å². The van der Waals surface area contributed by atoms with Crippen LogP contribution in [0.15, 0.2) is 42.5 Å². The molecule has 0 aliphatic carbocycles. The minimum atomic E-state index is -0.401. The second-order valence-corrected chi connectivity index (χ2v) is 9.42. The minimum Gasteiger partial charge on any atom is -0.346 e. The van der Waals surface area contributed by atoms with Crippen molar-refractivity contribution in [2.75, 3.05) is 45.1 Å². The lowest BCUT2D eigenvalue weighted by Crippen LogP contribution is -2.39. The molecule has 1 fully saturated rings. The Balaban J connectivity index is 1.76. The fourth-order valence-electron chi connectivity index (χ4n) is 4.06. The van der Waals surface area contributed by atoms with Crippen molar-refractivity contribution in [3.05, 3.63) is 63.6 Å². The summed E-state index contributed by atoms with van der Waals surface area (Å²) in [5, 5.41) is 6.10. The normalized spacial score (nSPS) is 14.4. The Hall–Kier alpha value is -2.65. The van der Waals surface area contributed by atoms with Gasteiger partial charge in [-0.1, -0.05) is 41.4 Å². The van der Waals surface area contributed by atoms with Gasteiger partial charge in [-0.25, -0.2) is 0 Å². The summed E-state index contributed by atoms with van der Waals surface area (Å²) in [7, 11) is 1.80. The Labute approximate surface area is 215 Å². The Morgan fingerprint density at radius 1 is 1.06 bits per heavy atom. The van der Waals surface area contributed by atoms with Crippen LogP contribution in [0.2, 0.25) is 10.0 Å². The monoisotopic (exact) mass is 519 g/mol. The number of anilines is 1. The molecule has 188 valence electrons. The fourth-order valence-corrected chi connectivity index (χ4v) is 4.38. The molecule has 0 aromatic heterocycles. The highest BCUT2D eigenvalue weighted by atomic mass is 35.5. The second kappa shape index (κ2) is 12.9. The number of likely N-dealkylation sites (N-methyl/N-ethyl adjacent to an activating group) is 1. The zero-order valence-corrected chi connectivity index (χ0v) is 21.2. The topological polar surface area (TPSA) is 108 Å². The van der Waals surface area contributed by atoms with E-state index in [2.05, 4.69) is 15.5 Å². The van der Waals surface area contributed by atoms with E-state index in [1.54, 1.807) is 36.2 Å². The molecule has 0 radical (unpaired) electrons. The van der Waals surface area contributed by atoms with Crippen LogP contribution in [0.3, 0.4) is 0 Å². The average molecular weight is 520 g/mol. The number of amides is 3. The molecule has 1 aliphatic heterocycles. The number of halogens is 2. The van der Waals surface area contributed by atoms with E-state index in [0.717, 1.165) is 37.1 Å². The lowest BCUT2D eigenvalue weighted by atomic mass is 10.0. The van der Waals surface area contributed by atoms with Crippen molar-refractivity contribution >= 4 is 46.6 Å². The number of carbonyl (C=O) groups excluding carboxylic acids is 3. The number of benzene rings is 2. The number of carbonyl (C=O) groups is 3. The molecule has 0 saturated carbocycles. The summed E-state index contributed by atoms with van der Waals surface area (Å²) in [5.41, 5.74) is 7.54. The van der Waals surface area contributed by atoms with E-state index in [0.29, 0.717) is 22.3 Å². The second-order valence-electron chi connectivity index (χ2n) is 8.61. The molecule has 35 heavy (non-hydrogen) atoms. The van der Waals surface area contributed by atoms with Gasteiger partial charge >= 0.3 is 0 Å². The smallest absolute Gasteiger partial charge is 0.243 e. The number of hydrogen-bond donors (Lipinski definition) is 3. The molecule has 2 aromatic rings. The molecular weight excluding hydrogens is 489 g/mol. The Morgan fingerprint density at radius 3 is 2.49 bits per heavy atom. The molecule has 1 unspecified atom stereocenters. The van der Waals surface area contributed by atoms with Gasteiger partial charge in [-0.15, -0.1) is 0 Å². The van der Waals surface area contributed by atoms with E-state index in [9.17, 15) is 14.4 Å². The van der Waals surface area contributed by atoms with Gasteiger partial charge in [0.25, 0.3) is 0 Å². The van der Waals surface area contributed by atoms with Gasteiger partial charge in [0.1, 0.15) is 0 Å². The Bertz CT molecular complexity index is 1060. The fraction of sp³-hybridized carbons (Fsp3) is 0.400. The summed E-state index contributed by atoms with van der Waals surface area (Å²) in [5.74, 6) is -0.808. The van der Waals surface area contributed by atoms with E-state index in [4.69, 9.17) is 28.9 Å². The van der Waals surface area contributed by atoms with Gasteiger partial charge in [-0.3, -0.25) is 14.4 Å². The summed E-state index contributed by atoms with van der Waals surface area (Å²) in [6.07, 6.45) is 2.47. The number of nitrogens with two attached hydrogens (primary N) is 1. The largest absolute Gasteiger partial charge is 0.346 e. The lowest BCUT2D eigenvalue weighted by Gasteiger charge is -2.32. The summed E-state index contributed by atoms with van der Waals surface area (Å²) in [4.78, 5) is 40.9. The van der Waals surface area contributed by atoms with Crippen molar-refractivity contribution in [2.45, 2.75) is 25.3 Å². The van der Waals surface area contributed by atoms with Crippen LogP contribution in [-0.2, 0) is 20.8 Å². The first-order valence-electron chi connectivity index (χ1n) is 11.6. The molecule has 3 rings (SSSR count). The maximum atomic E-state index is 13.2. The molecule has 3 amide bonds. The third-order valence-corrected chi connectivity index (χ3v) is 6.76. The molecule has 1 atom stereocenters. The molecule has 1 heterocycles. The van der Waals surface area contributed by atoms with Crippen molar-refractivity contribution in [1.29, 1.82) is 0 Å². The first-order valence-corrected chi connectivity index (χ1v) is 12.3. The average Bonchev–Trinajstić information content (AvgIpc) is 3.36. The van der Waals surface area contributed by atoms with Crippen molar-refractivity contribution in [3.8, 4) is 0 Å². The van der Waals surface area contributed by atoms with E-state index >= 15 is 0 Å². The van der Waals surface area contributed by atoms with Gasteiger partial charge < -0.3 is 26.2 Å². The van der Waals surface area contributed by atoms with Crippen LogP contribution in [0.25, 0.3) is 0 Å². The molecule has 1 saturated heterocycles. The first-order chi connectivity index (χ1) is 16.8. The van der Waals surface area contributed by atoms with Crippen molar-refractivity contribution in [1.82, 2.24) is 15.1 Å². The Kier molecular flexibility index (Phi) is 9.92. The summed E-state index contributed by atoms with van der Waals surface area (Å²) in [6.45, 7) is 2.32. The molecular formula is C25H31Cl2N5O3. The number of rotatable bonds is 10. The zero-order chi connectivity index (χ0) is 25.4. The lowest BCUT2D eigenvalue weighted by molar-refractivity contribution is -0.131. The maximum absolute atomic E-state index is 13.2. The Morgan fingerprint density at radius 2 is 1.80 bits per heavy atom. The highest BCUT2D eigenvalue weighted by Gasteiger charge is 2.26. The first kappa shape index (κ1) is 26.9. The predicted molar refractivity (Wildman–Crippen MR) is 138 cm³/mol. The van der Waals surface area contributed by atoms with Gasteiger partial charge in [-0.2, -0.15) is 0 Å². The van der Waals surface area contributed by atoms with Crippen LogP contribution in [0, 0.1) is 0 Å². The van der Waals surface area contributed by atoms with Crippen LogP contribution in [0.5, 0.6) is 0 Å². The SMILES string of the molecule is CN(C(=O)Cc1ccc(Cl)c(Cl)c1)C(CN1CCCC1)c1cccc(NC(=O)CNC(=O)CN)c1. The zero-order valence-electron chi connectivity index (χ0n) is 19.7. The van der Waals surface area contributed by atoms with Crippen LogP contribution < -0.4 is 16.4 Å². The molecule has 2 aromatic carbocycles. The van der Waals surface area contributed by atoms with Crippen LogP contribution in [0.4, 0.5) is 5.69 Å². The minimum absolute atomic E-state index is 0.0495. The van der Waals surface area contributed by atoms with E-state index < -0.39 is 5.91 Å². The van der Waals surface area contributed by atoms with Crippen LogP contribution in [0.1, 0.15) is 30.0 Å². The van der Waals surface area contributed by atoms with Gasteiger partial charge in [0.2, 0.25) is 17.7 Å². The van der Waals surface area contributed by atoms with Gasteiger partial charge in [-0.05, 0) is 61.3 Å². The van der Waals surface area contributed by atoms with Crippen molar-refractivity contribution < 1.29 is 14.4 Å². The molecule has 4 N–H and O–H groups in total. The third-order valence-electron chi connectivity index (χ3n) is 6.02. The van der Waals surface area contributed by atoms with Gasteiger partial charge in [0, 0.05) is 19.3 Å². The summed E-state index contributed by atoms with van der Waals surface area (Å²) >= 11 is 12.1. The van der Waals surface area contributed by atoms with Crippen LogP contribution in [-0.4, -0.2) is 67.3 Å². The van der Waals surface area contributed by atoms with E-state index in [1.807, 2.05) is 18.2 Å². The molecule has 1 aliphatic rings. The molecule has 8 nitrogen and oxygen atoms in total. The summed E-state index contributed by atoms with van der Waals surface area (Å²) in [6, 6.07) is 12.4. The molecule has 0 bridgehead atoms. The quantitative estimate of drug-likeness (QED) is 0.447. The van der Waals surface area contributed by atoms with Gasteiger partial charge in [0.05, 0.1) is 35.6 Å². The van der Waals surface area contributed by atoms with E-state index in [1.165, 1.54) is 0 Å². The highest BCUT2D eigenvalue weighted by Crippen LogP contribution is 2.27. The van der Waals surface area contributed by atoms with Gasteiger partial charge in [0.15, 0.2) is 0 Å². The standard InChI is InChI=1S/C25H31Cl2N5O3/c1-31(25(35)12-17-7-8-20(26)21(27)11-17)22(16-32-9-2-3-10-32)18-5-4-6-19(13-18)30-24(34)15-29-23(33)14-28/h4-8,11,13,22H,2-3,9-10,12,14-16,28H2,1H3,(H,29,33)(H,30,34). The third kappa shape index (κ3) is 7.93. The summed E-state index contributed by atoms with van der Waals surface area (Å²) < 4.78 is 0. The molecule has 0 spiro atoms. The number of nitrogens with zero attached hydrogens (tertiary/aromatic N) is 2. The number of hydrogen-bond acceptors (Lipinski definition) is 5. The highest BCUT2D eigenvalue weighted by molar-refractivity contribution is 6.42.